The van der Waals surface area contributed by atoms with Crippen molar-refractivity contribution in [3.05, 3.63) is 29.8 Å². The average molecular weight is 246 g/mol. The molecule has 18 heavy (non-hydrogen) atoms. The van der Waals surface area contributed by atoms with Crippen LogP contribution < -0.4 is 10.1 Å². The second-order valence-corrected chi connectivity index (χ2v) is 5.09. The van der Waals surface area contributed by atoms with E-state index >= 15 is 0 Å². The summed E-state index contributed by atoms with van der Waals surface area (Å²) in [4.78, 5) is 0. The lowest BCUT2D eigenvalue weighted by molar-refractivity contribution is 0.317. The summed E-state index contributed by atoms with van der Waals surface area (Å²) in [6.07, 6.45) is 1.02. The Morgan fingerprint density at radius 1 is 1.28 bits per heavy atom. The molecule has 1 aromatic carbocycles. The number of hydrogen-bond donors (Lipinski definition) is 1. The fourth-order valence-corrected chi connectivity index (χ4v) is 1.48. The molecule has 98 valence electrons. The molecule has 0 fully saturated rings. The summed E-state index contributed by atoms with van der Waals surface area (Å²) in [6.45, 7) is 8.18. The van der Waals surface area contributed by atoms with E-state index in [9.17, 15) is 0 Å². The van der Waals surface area contributed by atoms with Crippen molar-refractivity contribution in [2.75, 3.05) is 13.2 Å². The second kappa shape index (κ2) is 7.03. The van der Waals surface area contributed by atoms with Gasteiger partial charge in [-0.15, -0.1) is 0 Å². The second-order valence-electron chi connectivity index (χ2n) is 5.09. The van der Waals surface area contributed by atoms with Crippen LogP contribution in [0.4, 0.5) is 0 Å². The van der Waals surface area contributed by atoms with Gasteiger partial charge in [-0.1, -0.05) is 19.1 Å². The first-order chi connectivity index (χ1) is 8.57. The third kappa shape index (κ3) is 5.20. The molecule has 0 aliphatic heterocycles. The van der Waals surface area contributed by atoms with Crippen LogP contribution in [0.2, 0.25) is 0 Å². The maximum absolute atomic E-state index is 8.90. The standard InChI is InChI=1S/C15H22N2O/c1-4-9-18-14-7-5-13(6-8-14)10-17-12-15(2,3)11-16/h5-8,17H,4,9-10,12H2,1-3H3. The van der Waals surface area contributed by atoms with E-state index in [2.05, 4.69) is 30.4 Å². The van der Waals surface area contributed by atoms with Gasteiger partial charge >= 0.3 is 0 Å². The van der Waals surface area contributed by atoms with Crippen LogP contribution in [0.5, 0.6) is 5.75 Å². The lowest BCUT2D eigenvalue weighted by atomic mass is 9.96. The third-order valence-corrected chi connectivity index (χ3v) is 2.59. The zero-order chi connectivity index (χ0) is 13.4. The smallest absolute Gasteiger partial charge is 0.119 e. The van der Waals surface area contributed by atoms with Crippen LogP contribution >= 0.6 is 0 Å². The van der Waals surface area contributed by atoms with Crippen molar-refractivity contribution >= 4 is 0 Å². The summed E-state index contributed by atoms with van der Waals surface area (Å²) in [5, 5.41) is 12.2. The Kier molecular flexibility index (Phi) is 5.67. The molecule has 0 aromatic heterocycles. The first-order valence-corrected chi connectivity index (χ1v) is 6.41. The minimum atomic E-state index is -0.315. The first-order valence-electron chi connectivity index (χ1n) is 6.41. The fraction of sp³-hybridized carbons (Fsp3) is 0.533. The summed E-state index contributed by atoms with van der Waals surface area (Å²) < 4.78 is 5.52. The molecule has 0 radical (unpaired) electrons. The summed E-state index contributed by atoms with van der Waals surface area (Å²) >= 11 is 0. The monoisotopic (exact) mass is 246 g/mol. The van der Waals surface area contributed by atoms with Gasteiger partial charge in [0, 0.05) is 13.1 Å². The van der Waals surface area contributed by atoms with Crippen LogP contribution in [0.3, 0.4) is 0 Å². The first kappa shape index (κ1) is 14.5. The van der Waals surface area contributed by atoms with E-state index < -0.39 is 0 Å². The van der Waals surface area contributed by atoms with Gasteiger partial charge in [-0.25, -0.2) is 0 Å². The topological polar surface area (TPSA) is 45.0 Å². The van der Waals surface area contributed by atoms with Crippen molar-refractivity contribution in [1.82, 2.24) is 5.32 Å². The highest BCUT2D eigenvalue weighted by Gasteiger charge is 2.15. The maximum atomic E-state index is 8.90. The Balaban J connectivity index is 2.38. The largest absolute Gasteiger partial charge is 0.494 e. The highest BCUT2D eigenvalue weighted by atomic mass is 16.5. The zero-order valence-corrected chi connectivity index (χ0v) is 11.5. The quantitative estimate of drug-likeness (QED) is 0.804. The van der Waals surface area contributed by atoms with Crippen molar-refractivity contribution in [2.24, 2.45) is 5.41 Å². The molecule has 0 aliphatic rings. The Bertz CT molecular complexity index is 390. The number of nitriles is 1. The van der Waals surface area contributed by atoms with Crippen LogP contribution in [0.1, 0.15) is 32.8 Å². The number of nitrogens with zero attached hydrogens (tertiary/aromatic N) is 1. The molecule has 3 nitrogen and oxygen atoms in total. The molecule has 1 rings (SSSR count). The molecular weight excluding hydrogens is 224 g/mol. The number of benzene rings is 1. The molecule has 0 bridgehead atoms. The molecule has 0 saturated carbocycles. The maximum Gasteiger partial charge on any atom is 0.119 e. The molecule has 1 aromatic rings. The fourth-order valence-electron chi connectivity index (χ4n) is 1.48. The molecule has 0 spiro atoms. The van der Waals surface area contributed by atoms with Gasteiger partial charge in [-0.3, -0.25) is 0 Å². The van der Waals surface area contributed by atoms with Crippen molar-refractivity contribution in [1.29, 1.82) is 5.26 Å². The Hall–Kier alpha value is -1.53. The Morgan fingerprint density at radius 2 is 1.94 bits per heavy atom. The summed E-state index contributed by atoms with van der Waals surface area (Å²) in [6, 6.07) is 10.4. The number of hydrogen-bond acceptors (Lipinski definition) is 3. The minimum Gasteiger partial charge on any atom is -0.494 e. The highest BCUT2D eigenvalue weighted by Crippen LogP contribution is 2.14. The lowest BCUT2D eigenvalue weighted by Crippen LogP contribution is -2.27. The van der Waals surface area contributed by atoms with Gasteiger partial charge in [0.2, 0.25) is 0 Å². The van der Waals surface area contributed by atoms with Gasteiger partial charge in [-0.05, 0) is 38.0 Å². The number of ether oxygens (including phenoxy) is 1. The zero-order valence-electron chi connectivity index (χ0n) is 11.5. The summed E-state index contributed by atoms with van der Waals surface area (Å²) in [5.41, 5.74) is 0.886. The van der Waals surface area contributed by atoms with E-state index in [1.54, 1.807) is 0 Å². The van der Waals surface area contributed by atoms with Gasteiger partial charge in [-0.2, -0.15) is 5.26 Å². The van der Waals surface area contributed by atoms with Crippen molar-refractivity contribution in [3.63, 3.8) is 0 Å². The van der Waals surface area contributed by atoms with Crippen LogP contribution in [0.25, 0.3) is 0 Å². The lowest BCUT2D eigenvalue weighted by Gasteiger charge is -2.15. The van der Waals surface area contributed by atoms with Crippen molar-refractivity contribution < 1.29 is 4.74 Å². The van der Waals surface area contributed by atoms with E-state index in [1.165, 1.54) is 5.56 Å². The van der Waals surface area contributed by atoms with E-state index in [4.69, 9.17) is 10.00 Å². The number of rotatable bonds is 7. The van der Waals surface area contributed by atoms with Crippen LogP contribution in [0.15, 0.2) is 24.3 Å². The van der Waals surface area contributed by atoms with Crippen LogP contribution in [-0.2, 0) is 6.54 Å². The van der Waals surface area contributed by atoms with Crippen molar-refractivity contribution in [2.45, 2.75) is 33.7 Å². The molecule has 0 saturated heterocycles. The molecule has 3 heteroatoms. The molecular formula is C15H22N2O. The normalized spacial score (nSPS) is 11.0. The third-order valence-electron chi connectivity index (χ3n) is 2.59. The Morgan fingerprint density at radius 3 is 2.50 bits per heavy atom. The molecule has 0 heterocycles. The Labute approximate surface area is 110 Å². The molecule has 0 aliphatic carbocycles. The van der Waals surface area contributed by atoms with E-state index in [-0.39, 0.29) is 5.41 Å². The van der Waals surface area contributed by atoms with Gasteiger partial charge in [0.05, 0.1) is 18.1 Å². The van der Waals surface area contributed by atoms with E-state index in [0.29, 0.717) is 6.54 Å². The van der Waals surface area contributed by atoms with Crippen molar-refractivity contribution in [3.8, 4) is 11.8 Å². The van der Waals surface area contributed by atoms with Crippen LogP contribution in [0, 0.1) is 16.7 Å². The minimum absolute atomic E-state index is 0.315. The predicted octanol–water partition coefficient (Wildman–Crippen LogP) is 3.11. The van der Waals surface area contributed by atoms with Gasteiger partial charge in [0.15, 0.2) is 0 Å². The molecule has 0 unspecified atom stereocenters. The number of nitrogens with one attached hydrogen (secondary N) is 1. The summed E-state index contributed by atoms with van der Waals surface area (Å²) in [7, 11) is 0. The SMILES string of the molecule is CCCOc1ccc(CNCC(C)(C)C#N)cc1. The van der Waals surface area contributed by atoms with Crippen LogP contribution in [-0.4, -0.2) is 13.2 Å². The summed E-state index contributed by atoms with van der Waals surface area (Å²) in [5.74, 6) is 0.915. The van der Waals surface area contributed by atoms with E-state index in [1.807, 2.05) is 26.0 Å². The molecule has 0 atom stereocenters. The highest BCUT2D eigenvalue weighted by molar-refractivity contribution is 5.27. The molecule has 1 N–H and O–H groups in total. The predicted molar refractivity (Wildman–Crippen MR) is 73.3 cm³/mol. The average Bonchev–Trinajstić information content (AvgIpc) is 2.38. The van der Waals surface area contributed by atoms with Gasteiger partial charge in [0.1, 0.15) is 5.75 Å². The van der Waals surface area contributed by atoms with Gasteiger partial charge in [0.25, 0.3) is 0 Å². The van der Waals surface area contributed by atoms with E-state index in [0.717, 1.165) is 25.3 Å². The molecule has 0 amide bonds. The van der Waals surface area contributed by atoms with Gasteiger partial charge < -0.3 is 10.1 Å².